The number of hydrogen-bond donors (Lipinski definition) is 0. The third kappa shape index (κ3) is 5.21. The molecule has 0 saturated carbocycles. The van der Waals surface area contributed by atoms with Gasteiger partial charge < -0.3 is 0 Å². The predicted molar refractivity (Wildman–Crippen MR) is 190 cm³/mol. The number of aromatic nitrogens is 3. The van der Waals surface area contributed by atoms with Gasteiger partial charge in [-0.25, -0.2) is 15.0 Å². The highest BCUT2D eigenvalue weighted by atomic mass is 32.2. The Morgan fingerprint density at radius 1 is 0.370 bits per heavy atom. The molecule has 0 radical (unpaired) electrons. The maximum absolute atomic E-state index is 5.11. The quantitative estimate of drug-likeness (QED) is 0.195. The maximum Gasteiger partial charge on any atom is 0.164 e. The lowest BCUT2D eigenvalue weighted by Crippen LogP contribution is -2.23. The van der Waals surface area contributed by atoms with Gasteiger partial charge in [-0.3, -0.25) is 0 Å². The van der Waals surface area contributed by atoms with Crippen LogP contribution in [0.3, 0.4) is 0 Å². The van der Waals surface area contributed by atoms with Crippen molar-refractivity contribution in [3.63, 3.8) is 0 Å². The largest absolute Gasteiger partial charge is 0.208 e. The first kappa shape index (κ1) is 28.2. The van der Waals surface area contributed by atoms with Crippen molar-refractivity contribution in [2.45, 2.75) is 29.1 Å². The molecule has 4 heteroatoms. The fraction of sp³-hybridized carbons (Fsp3) is 0.0714. The van der Waals surface area contributed by atoms with E-state index in [1.54, 1.807) is 0 Å². The minimum Gasteiger partial charge on any atom is -0.208 e. The molecule has 0 N–H and O–H groups in total. The van der Waals surface area contributed by atoms with E-state index in [0.717, 1.165) is 38.9 Å². The van der Waals surface area contributed by atoms with Gasteiger partial charge in [0.05, 0.1) is 0 Å². The van der Waals surface area contributed by atoms with Crippen LogP contribution in [0.1, 0.15) is 25.0 Å². The van der Waals surface area contributed by atoms with Crippen LogP contribution in [-0.2, 0) is 5.41 Å². The van der Waals surface area contributed by atoms with Gasteiger partial charge in [0.2, 0.25) is 0 Å². The van der Waals surface area contributed by atoms with Crippen molar-refractivity contribution in [3.8, 4) is 56.4 Å². The molecule has 6 aromatic carbocycles. The van der Waals surface area contributed by atoms with E-state index in [-0.39, 0.29) is 5.41 Å². The zero-order valence-electron chi connectivity index (χ0n) is 25.7. The summed E-state index contributed by atoms with van der Waals surface area (Å²) in [6.45, 7) is 4.62. The highest BCUT2D eigenvalue weighted by Crippen LogP contribution is 2.49. The molecule has 0 saturated heterocycles. The van der Waals surface area contributed by atoms with Crippen molar-refractivity contribution in [1.82, 2.24) is 15.0 Å². The molecule has 0 atom stereocenters. The molecule has 3 nitrogen and oxygen atoms in total. The highest BCUT2D eigenvalue weighted by molar-refractivity contribution is 7.99. The molecule has 1 aliphatic rings. The molecular weight excluding hydrogens is 579 g/mol. The summed E-state index contributed by atoms with van der Waals surface area (Å²) in [5.41, 5.74) is 10.0. The second-order valence-corrected chi connectivity index (χ2v) is 13.2. The molecule has 0 unspecified atom stereocenters. The van der Waals surface area contributed by atoms with Gasteiger partial charge in [0.1, 0.15) is 0 Å². The summed E-state index contributed by atoms with van der Waals surface area (Å²) in [6, 6.07) is 53.1. The summed E-state index contributed by atoms with van der Waals surface area (Å²) in [7, 11) is 0. The van der Waals surface area contributed by atoms with Crippen LogP contribution in [-0.4, -0.2) is 15.0 Å². The van der Waals surface area contributed by atoms with Gasteiger partial charge in [0.15, 0.2) is 17.5 Å². The van der Waals surface area contributed by atoms with Gasteiger partial charge in [0, 0.05) is 31.9 Å². The summed E-state index contributed by atoms with van der Waals surface area (Å²) in [5, 5.41) is 0. The Balaban J connectivity index is 1.28. The molecule has 0 bridgehead atoms. The van der Waals surface area contributed by atoms with E-state index < -0.39 is 0 Å². The molecule has 1 aliphatic heterocycles. The van der Waals surface area contributed by atoms with E-state index in [2.05, 4.69) is 153 Å². The average molecular weight is 610 g/mol. The lowest BCUT2D eigenvalue weighted by molar-refractivity contribution is 0.607. The van der Waals surface area contributed by atoms with Crippen LogP contribution >= 0.6 is 11.8 Å². The molecular formula is C42H31N3S. The van der Waals surface area contributed by atoms with Gasteiger partial charge in [-0.15, -0.1) is 0 Å². The minimum absolute atomic E-state index is 0.0963. The predicted octanol–water partition coefficient (Wildman–Crippen LogP) is 11.0. The lowest BCUT2D eigenvalue weighted by Gasteiger charge is -2.34. The number of hydrogen-bond acceptors (Lipinski definition) is 4. The molecule has 7 aromatic rings. The zero-order valence-corrected chi connectivity index (χ0v) is 26.5. The molecule has 0 spiro atoms. The number of rotatable bonds is 5. The van der Waals surface area contributed by atoms with Gasteiger partial charge in [0.25, 0.3) is 0 Å². The van der Waals surface area contributed by atoms with Crippen molar-refractivity contribution in [1.29, 1.82) is 0 Å². The molecule has 1 aromatic heterocycles. The van der Waals surface area contributed by atoms with Crippen LogP contribution in [0.2, 0.25) is 0 Å². The van der Waals surface area contributed by atoms with E-state index in [1.165, 1.54) is 20.9 Å². The van der Waals surface area contributed by atoms with Crippen LogP contribution in [0, 0.1) is 0 Å². The lowest BCUT2D eigenvalue weighted by atomic mass is 9.77. The highest BCUT2D eigenvalue weighted by Gasteiger charge is 2.33. The van der Waals surface area contributed by atoms with Crippen LogP contribution in [0.15, 0.2) is 161 Å². The Morgan fingerprint density at radius 2 is 0.804 bits per heavy atom. The van der Waals surface area contributed by atoms with E-state index in [4.69, 9.17) is 15.0 Å². The van der Waals surface area contributed by atoms with Crippen LogP contribution in [0.25, 0.3) is 56.4 Å². The molecule has 220 valence electrons. The van der Waals surface area contributed by atoms with Gasteiger partial charge >= 0.3 is 0 Å². The topological polar surface area (TPSA) is 38.7 Å². The summed E-state index contributed by atoms with van der Waals surface area (Å²) in [4.78, 5) is 17.8. The Hall–Kier alpha value is -5.32. The standard InChI is InChI=1S/C42H31N3S/c1-42(2)35-21-9-10-22-37(35)46-38-27-34(23-24-36(38)42)41-44-39(32-19-11-17-30(25-32)28-13-5-3-6-14-28)43-40(45-41)33-20-12-18-31(26-33)29-15-7-4-8-16-29/h3-27H,1-2H3. The minimum atomic E-state index is -0.0963. The van der Waals surface area contributed by atoms with Gasteiger partial charge in [-0.2, -0.15) is 0 Å². The third-order valence-electron chi connectivity index (χ3n) is 8.78. The molecule has 0 amide bonds. The van der Waals surface area contributed by atoms with Crippen molar-refractivity contribution >= 4 is 11.8 Å². The molecule has 46 heavy (non-hydrogen) atoms. The number of benzene rings is 6. The van der Waals surface area contributed by atoms with E-state index >= 15 is 0 Å². The summed E-state index contributed by atoms with van der Waals surface area (Å²) in [5.74, 6) is 1.97. The van der Waals surface area contributed by atoms with Crippen molar-refractivity contribution < 1.29 is 0 Å². The van der Waals surface area contributed by atoms with E-state index in [9.17, 15) is 0 Å². The third-order valence-corrected chi connectivity index (χ3v) is 9.92. The fourth-order valence-electron chi connectivity index (χ4n) is 6.30. The number of nitrogens with zero attached hydrogens (tertiary/aromatic N) is 3. The van der Waals surface area contributed by atoms with Crippen LogP contribution < -0.4 is 0 Å². The Kier molecular flexibility index (Phi) is 7.08. The molecule has 2 heterocycles. The van der Waals surface area contributed by atoms with Crippen LogP contribution in [0.4, 0.5) is 0 Å². The Bertz CT molecular complexity index is 2110. The zero-order chi connectivity index (χ0) is 31.1. The molecule has 8 rings (SSSR count). The monoisotopic (exact) mass is 609 g/mol. The molecule has 0 fully saturated rings. The summed E-state index contributed by atoms with van der Waals surface area (Å²) in [6.07, 6.45) is 0. The number of fused-ring (bicyclic) bond motifs is 2. The van der Waals surface area contributed by atoms with Crippen molar-refractivity contribution in [2.24, 2.45) is 0 Å². The maximum atomic E-state index is 5.11. The average Bonchev–Trinajstić information content (AvgIpc) is 3.12. The molecule has 0 aliphatic carbocycles. The first-order valence-corrected chi connectivity index (χ1v) is 16.3. The first-order valence-electron chi connectivity index (χ1n) is 15.5. The van der Waals surface area contributed by atoms with E-state index in [0.29, 0.717) is 17.5 Å². The van der Waals surface area contributed by atoms with Crippen molar-refractivity contribution in [2.75, 3.05) is 0 Å². The Morgan fingerprint density at radius 3 is 1.37 bits per heavy atom. The van der Waals surface area contributed by atoms with Gasteiger partial charge in [-0.05, 0) is 57.6 Å². The Labute approximate surface area is 274 Å². The van der Waals surface area contributed by atoms with Crippen molar-refractivity contribution in [3.05, 3.63) is 163 Å². The second kappa shape index (κ2) is 11.6. The first-order chi connectivity index (χ1) is 22.5. The van der Waals surface area contributed by atoms with Crippen LogP contribution in [0.5, 0.6) is 0 Å². The SMILES string of the molecule is CC1(C)c2ccccc2Sc2cc(-c3nc(-c4cccc(-c5ccccc5)c4)nc(-c4cccc(-c5ccccc5)c4)n3)ccc21. The summed E-state index contributed by atoms with van der Waals surface area (Å²) < 4.78 is 0. The second-order valence-electron chi connectivity index (χ2n) is 12.1. The van der Waals surface area contributed by atoms with E-state index in [1.807, 2.05) is 23.9 Å². The van der Waals surface area contributed by atoms with Gasteiger partial charge in [-0.1, -0.05) is 153 Å². The normalized spacial score (nSPS) is 13.1. The smallest absolute Gasteiger partial charge is 0.164 e. The summed E-state index contributed by atoms with van der Waals surface area (Å²) >= 11 is 1.82. The fourth-order valence-corrected chi connectivity index (χ4v) is 7.73.